The van der Waals surface area contributed by atoms with Crippen LogP contribution < -0.4 is 4.90 Å². The summed E-state index contributed by atoms with van der Waals surface area (Å²) in [6, 6.07) is 14.4. The van der Waals surface area contributed by atoms with Crippen molar-refractivity contribution in [2.24, 2.45) is 23.7 Å². The minimum absolute atomic E-state index is 0.00214. The maximum atomic E-state index is 13.0. The summed E-state index contributed by atoms with van der Waals surface area (Å²) in [4.78, 5) is 27.4. The van der Waals surface area contributed by atoms with E-state index in [0.29, 0.717) is 0 Å². The molecule has 1 saturated heterocycles. The number of benzene rings is 2. The van der Waals surface area contributed by atoms with Crippen LogP contribution in [0.3, 0.4) is 0 Å². The van der Waals surface area contributed by atoms with Gasteiger partial charge in [-0.25, -0.2) is 0 Å². The number of hydrogen-bond donors (Lipinski definition) is 0. The number of imide groups is 1. The molecule has 2 fully saturated rings. The molecule has 0 unspecified atom stereocenters. The van der Waals surface area contributed by atoms with Crippen molar-refractivity contribution in [2.75, 3.05) is 4.90 Å². The highest BCUT2D eigenvalue weighted by Crippen LogP contribution is 2.53. The number of carbonyl (C=O) groups is 2. The monoisotopic (exact) mass is 327 g/mol. The molecule has 3 heteroatoms. The topological polar surface area (TPSA) is 37.4 Å². The largest absolute Gasteiger partial charge is 0.274 e. The summed E-state index contributed by atoms with van der Waals surface area (Å²) in [5, 5.41) is 0. The number of fused-ring (bicyclic) bond motifs is 8. The van der Waals surface area contributed by atoms with Crippen LogP contribution in [0.1, 0.15) is 17.5 Å². The maximum absolute atomic E-state index is 13.0. The molecule has 0 spiro atoms. The minimum atomic E-state index is -0.132. The zero-order valence-corrected chi connectivity index (χ0v) is 13.7. The van der Waals surface area contributed by atoms with Crippen LogP contribution in [0.5, 0.6) is 0 Å². The first-order chi connectivity index (χ1) is 12.2. The predicted molar refractivity (Wildman–Crippen MR) is 94.9 cm³/mol. The van der Waals surface area contributed by atoms with Crippen LogP contribution >= 0.6 is 0 Å². The van der Waals surface area contributed by atoms with E-state index in [1.54, 1.807) is 0 Å². The molecule has 1 aliphatic heterocycles. The molecule has 4 atom stereocenters. The lowest BCUT2D eigenvalue weighted by atomic mass is 9.85. The van der Waals surface area contributed by atoms with E-state index in [0.717, 1.165) is 18.5 Å². The van der Waals surface area contributed by atoms with Gasteiger partial charge in [-0.15, -0.1) is 0 Å². The second-order valence-electron chi connectivity index (χ2n) is 7.69. The highest BCUT2D eigenvalue weighted by molar-refractivity contribution is 6.23. The zero-order valence-electron chi connectivity index (χ0n) is 13.7. The van der Waals surface area contributed by atoms with Crippen LogP contribution in [0, 0.1) is 23.7 Å². The summed E-state index contributed by atoms with van der Waals surface area (Å²) in [5.74, 6) is 0.260. The number of amides is 2. The second kappa shape index (κ2) is 4.48. The van der Waals surface area contributed by atoms with Gasteiger partial charge < -0.3 is 0 Å². The summed E-state index contributed by atoms with van der Waals surface area (Å²) >= 11 is 0. The van der Waals surface area contributed by atoms with E-state index < -0.39 is 0 Å². The lowest BCUT2D eigenvalue weighted by Crippen LogP contribution is -2.32. The van der Waals surface area contributed by atoms with Crippen molar-refractivity contribution in [3.05, 3.63) is 65.7 Å². The first-order valence-corrected chi connectivity index (χ1v) is 9.00. The summed E-state index contributed by atoms with van der Waals surface area (Å²) < 4.78 is 0. The van der Waals surface area contributed by atoms with Gasteiger partial charge in [-0.3, -0.25) is 14.5 Å². The molecule has 1 heterocycles. The van der Waals surface area contributed by atoms with Gasteiger partial charge in [-0.1, -0.05) is 42.5 Å². The van der Waals surface area contributed by atoms with Crippen LogP contribution in [0.25, 0.3) is 11.1 Å². The molecule has 3 nitrogen and oxygen atoms in total. The third-order valence-corrected chi connectivity index (χ3v) is 6.51. The fourth-order valence-electron chi connectivity index (χ4n) is 5.43. The summed E-state index contributed by atoms with van der Waals surface area (Å²) in [5.41, 5.74) is 5.75. The van der Waals surface area contributed by atoms with E-state index in [-0.39, 0.29) is 35.5 Å². The van der Waals surface area contributed by atoms with Crippen LogP contribution in [-0.2, 0) is 16.0 Å². The van der Waals surface area contributed by atoms with Crippen LogP contribution in [0.15, 0.2) is 54.6 Å². The highest BCUT2D eigenvalue weighted by atomic mass is 16.2. The van der Waals surface area contributed by atoms with Gasteiger partial charge in [0.1, 0.15) is 0 Å². The molecule has 6 rings (SSSR count). The normalized spacial score (nSPS) is 30.8. The standard InChI is InChI=1S/C22H17NO2/c24-21-19-13-5-6-14(10-13)20(19)22(25)23(21)16-7-8-18-15(11-16)9-12-3-1-2-4-17(12)18/h1-8,11,13-14,19-20H,9-10H2/t13-,14+,19-,20+. The number of anilines is 1. The average Bonchev–Trinajstić information content (AvgIpc) is 3.36. The molecule has 0 radical (unpaired) electrons. The molecule has 1 saturated carbocycles. The Bertz CT molecular complexity index is 959. The van der Waals surface area contributed by atoms with Gasteiger partial charge in [0, 0.05) is 0 Å². The lowest BCUT2D eigenvalue weighted by Gasteiger charge is -2.18. The molecular weight excluding hydrogens is 310 g/mol. The Balaban J connectivity index is 1.41. The number of rotatable bonds is 1. The number of allylic oxidation sites excluding steroid dienone is 2. The van der Waals surface area contributed by atoms with Gasteiger partial charge in [-0.2, -0.15) is 0 Å². The first-order valence-electron chi connectivity index (χ1n) is 9.00. The SMILES string of the molecule is O=C1[C@@H]2[C@H](C(=O)N1c1ccc3c(c1)Cc1ccccc1-3)[C@@H]1C=C[C@H]2C1. The Kier molecular flexibility index (Phi) is 2.44. The summed E-state index contributed by atoms with van der Waals surface area (Å²) in [7, 11) is 0. The van der Waals surface area contributed by atoms with E-state index in [4.69, 9.17) is 0 Å². The van der Waals surface area contributed by atoms with Crippen LogP contribution in [0.4, 0.5) is 5.69 Å². The fraction of sp³-hybridized carbons (Fsp3) is 0.273. The van der Waals surface area contributed by atoms with Crippen molar-refractivity contribution in [1.29, 1.82) is 0 Å². The number of hydrogen-bond acceptors (Lipinski definition) is 2. The molecule has 2 amide bonds. The fourth-order valence-corrected chi connectivity index (χ4v) is 5.43. The highest BCUT2D eigenvalue weighted by Gasteiger charge is 2.59. The Morgan fingerprint density at radius 3 is 2.24 bits per heavy atom. The average molecular weight is 327 g/mol. The van der Waals surface area contributed by atoms with Crippen molar-refractivity contribution < 1.29 is 9.59 Å². The van der Waals surface area contributed by atoms with E-state index in [2.05, 4.69) is 42.5 Å². The number of carbonyl (C=O) groups excluding carboxylic acids is 2. The van der Waals surface area contributed by atoms with Crippen molar-refractivity contribution in [3.8, 4) is 11.1 Å². The Hall–Kier alpha value is -2.68. The molecule has 122 valence electrons. The summed E-state index contributed by atoms with van der Waals surface area (Å²) in [6.07, 6.45) is 6.12. The van der Waals surface area contributed by atoms with Crippen molar-refractivity contribution in [1.82, 2.24) is 0 Å². The van der Waals surface area contributed by atoms with Crippen molar-refractivity contribution >= 4 is 17.5 Å². The minimum Gasteiger partial charge on any atom is -0.274 e. The van der Waals surface area contributed by atoms with Gasteiger partial charge >= 0.3 is 0 Å². The van der Waals surface area contributed by atoms with Crippen molar-refractivity contribution in [3.63, 3.8) is 0 Å². The molecule has 4 aliphatic rings. The molecular formula is C22H17NO2. The molecule has 3 aliphatic carbocycles. The van der Waals surface area contributed by atoms with E-state index in [1.165, 1.54) is 27.2 Å². The smallest absolute Gasteiger partial charge is 0.238 e. The van der Waals surface area contributed by atoms with Gasteiger partial charge in [0.25, 0.3) is 0 Å². The molecule has 25 heavy (non-hydrogen) atoms. The maximum Gasteiger partial charge on any atom is 0.238 e. The van der Waals surface area contributed by atoms with Crippen molar-refractivity contribution in [2.45, 2.75) is 12.8 Å². The second-order valence-corrected chi connectivity index (χ2v) is 7.69. The Labute approximate surface area is 146 Å². The molecule has 2 aromatic carbocycles. The number of nitrogens with zero attached hydrogens (tertiary/aromatic N) is 1. The van der Waals surface area contributed by atoms with Crippen LogP contribution in [-0.4, -0.2) is 11.8 Å². The predicted octanol–water partition coefficient (Wildman–Crippen LogP) is 3.57. The Morgan fingerprint density at radius 2 is 1.48 bits per heavy atom. The lowest BCUT2D eigenvalue weighted by molar-refractivity contribution is -0.123. The van der Waals surface area contributed by atoms with E-state index in [1.807, 2.05) is 12.1 Å². The van der Waals surface area contributed by atoms with E-state index in [9.17, 15) is 9.59 Å². The molecule has 2 bridgehead atoms. The zero-order chi connectivity index (χ0) is 16.7. The van der Waals surface area contributed by atoms with Gasteiger partial charge in [-0.05, 0) is 59.1 Å². The molecule has 2 aromatic rings. The third-order valence-electron chi connectivity index (χ3n) is 6.51. The third kappa shape index (κ3) is 1.61. The quantitative estimate of drug-likeness (QED) is 0.506. The van der Waals surface area contributed by atoms with Gasteiger partial charge in [0.05, 0.1) is 17.5 Å². The summed E-state index contributed by atoms with van der Waals surface area (Å²) in [6.45, 7) is 0. The first kappa shape index (κ1) is 13.6. The molecule has 0 aromatic heterocycles. The van der Waals surface area contributed by atoms with Crippen LogP contribution in [0.2, 0.25) is 0 Å². The van der Waals surface area contributed by atoms with Gasteiger partial charge in [0.2, 0.25) is 11.8 Å². The van der Waals surface area contributed by atoms with Gasteiger partial charge in [0.15, 0.2) is 0 Å². The van der Waals surface area contributed by atoms with E-state index >= 15 is 0 Å². The molecule has 0 N–H and O–H groups in total. The Morgan fingerprint density at radius 1 is 0.800 bits per heavy atom.